The molecule has 0 aliphatic carbocycles. The quantitative estimate of drug-likeness (QED) is 0.644. The summed E-state index contributed by atoms with van der Waals surface area (Å²) in [5.41, 5.74) is 4.23. The van der Waals surface area contributed by atoms with Crippen LogP contribution in [0.2, 0.25) is 5.02 Å². The molecule has 0 unspecified atom stereocenters. The largest absolute Gasteiger partial charge is 0.339 e. The third kappa shape index (κ3) is 2.89. The summed E-state index contributed by atoms with van der Waals surface area (Å²) in [6.45, 7) is 3.61. The molecule has 0 spiro atoms. The van der Waals surface area contributed by atoms with Gasteiger partial charge in [0.1, 0.15) is 0 Å². The number of halogens is 1. The molecule has 0 bridgehead atoms. The van der Waals surface area contributed by atoms with E-state index in [1.165, 1.54) is 0 Å². The molecule has 1 aliphatic rings. The average molecular weight is 351 g/mol. The Bertz CT molecular complexity index is 947. The first-order chi connectivity index (χ1) is 12.1. The van der Waals surface area contributed by atoms with Gasteiger partial charge in [0.25, 0.3) is 5.91 Å². The van der Waals surface area contributed by atoms with E-state index in [1.54, 1.807) is 0 Å². The van der Waals surface area contributed by atoms with E-state index in [0.29, 0.717) is 10.6 Å². The predicted octanol–water partition coefficient (Wildman–Crippen LogP) is 5.10. The highest BCUT2D eigenvalue weighted by Crippen LogP contribution is 2.31. The van der Waals surface area contributed by atoms with Crippen LogP contribution in [0.5, 0.6) is 0 Å². The van der Waals surface area contributed by atoms with E-state index in [4.69, 9.17) is 16.6 Å². The van der Waals surface area contributed by atoms with Crippen molar-refractivity contribution >= 4 is 28.4 Å². The van der Waals surface area contributed by atoms with Crippen LogP contribution in [0.1, 0.15) is 28.8 Å². The van der Waals surface area contributed by atoms with Crippen molar-refractivity contribution in [2.45, 2.75) is 19.8 Å². The minimum Gasteiger partial charge on any atom is -0.339 e. The summed E-state index contributed by atoms with van der Waals surface area (Å²) in [4.78, 5) is 19.9. The first kappa shape index (κ1) is 16.1. The molecule has 0 saturated carbocycles. The highest BCUT2D eigenvalue weighted by Gasteiger charge is 2.23. The zero-order valence-electron chi connectivity index (χ0n) is 14.1. The third-order valence-corrected chi connectivity index (χ3v) is 5.27. The first-order valence-electron chi connectivity index (χ1n) is 8.60. The highest BCUT2D eigenvalue weighted by molar-refractivity contribution is 6.32. The summed E-state index contributed by atoms with van der Waals surface area (Å²) in [6.07, 6.45) is 2.15. The molecule has 4 heteroatoms. The second-order valence-electron chi connectivity index (χ2n) is 6.49. The number of aryl methyl sites for hydroxylation is 1. The van der Waals surface area contributed by atoms with Crippen LogP contribution < -0.4 is 0 Å². The van der Waals surface area contributed by atoms with E-state index in [0.717, 1.165) is 53.7 Å². The average Bonchev–Trinajstić information content (AvgIpc) is 3.19. The fourth-order valence-electron chi connectivity index (χ4n) is 3.43. The first-order valence-corrected chi connectivity index (χ1v) is 8.97. The monoisotopic (exact) mass is 350 g/mol. The summed E-state index contributed by atoms with van der Waals surface area (Å²) in [7, 11) is 0. The predicted molar refractivity (Wildman–Crippen MR) is 102 cm³/mol. The summed E-state index contributed by atoms with van der Waals surface area (Å²) >= 11 is 6.31. The Labute approximate surface area is 152 Å². The maximum absolute atomic E-state index is 13.1. The number of carbonyl (C=O) groups is 1. The van der Waals surface area contributed by atoms with Gasteiger partial charge < -0.3 is 4.90 Å². The van der Waals surface area contributed by atoms with Crippen LogP contribution in [-0.4, -0.2) is 28.9 Å². The Hall–Kier alpha value is -2.39. The number of fused-ring (bicyclic) bond motifs is 1. The summed E-state index contributed by atoms with van der Waals surface area (Å²) in [5, 5.41) is 1.54. The lowest BCUT2D eigenvalue weighted by molar-refractivity contribution is 0.0794. The summed E-state index contributed by atoms with van der Waals surface area (Å²) in [5.74, 6) is 0.0869. The van der Waals surface area contributed by atoms with E-state index >= 15 is 0 Å². The lowest BCUT2D eigenvalue weighted by atomic mass is 10.0. The molecule has 1 amide bonds. The fraction of sp³-hybridized carbons (Fsp3) is 0.238. The standard InChI is InChI=1S/C21H19ClN2O/c1-14-18(22)10-9-16-17(21(25)24-11-5-6-12-24)13-19(23-20(14)16)15-7-3-2-4-8-15/h2-4,7-10,13H,5-6,11-12H2,1H3. The van der Waals surface area contributed by atoms with Gasteiger partial charge in [0.2, 0.25) is 0 Å². The molecule has 1 aliphatic heterocycles. The van der Waals surface area contributed by atoms with Gasteiger partial charge in [-0.25, -0.2) is 4.98 Å². The van der Waals surface area contributed by atoms with Crippen molar-refractivity contribution in [3.63, 3.8) is 0 Å². The molecule has 1 aromatic heterocycles. The maximum Gasteiger partial charge on any atom is 0.254 e. The van der Waals surface area contributed by atoms with Gasteiger partial charge in [-0.15, -0.1) is 0 Å². The Morgan fingerprint density at radius 2 is 1.80 bits per heavy atom. The molecule has 3 nitrogen and oxygen atoms in total. The number of hydrogen-bond donors (Lipinski definition) is 0. The zero-order chi connectivity index (χ0) is 17.4. The van der Waals surface area contributed by atoms with Crippen molar-refractivity contribution in [2.24, 2.45) is 0 Å². The van der Waals surface area contributed by atoms with Crippen LogP contribution in [0.25, 0.3) is 22.2 Å². The molecule has 0 radical (unpaired) electrons. The van der Waals surface area contributed by atoms with E-state index < -0.39 is 0 Å². The van der Waals surface area contributed by atoms with E-state index in [2.05, 4.69) is 0 Å². The Morgan fingerprint density at radius 3 is 2.52 bits per heavy atom. The zero-order valence-corrected chi connectivity index (χ0v) is 14.9. The fourth-order valence-corrected chi connectivity index (χ4v) is 3.58. The van der Waals surface area contributed by atoms with Crippen LogP contribution in [0.3, 0.4) is 0 Å². The number of pyridine rings is 1. The molecule has 1 fully saturated rings. The molecular formula is C21H19ClN2O. The molecule has 25 heavy (non-hydrogen) atoms. The van der Waals surface area contributed by atoms with Crippen molar-refractivity contribution in [1.29, 1.82) is 0 Å². The van der Waals surface area contributed by atoms with Gasteiger partial charge in [0, 0.05) is 29.1 Å². The highest BCUT2D eigenvalue weighted by atomic mass is 35.5. The van der Waals surface area contributed by atoms with Gasteiger partial charge in [0.15, 0.2) is 0 Å². The number of hydrogen-bond acceptors (Lipinski definition) is 2. The van der Waals surface area contributed by atoms with Gasteiger partial charge in [-0.2, -0.15) is 0 Å². The number of rotatable bonds is 2. The number of likely N-dealkylation sites (tertiary alicyclic amines) is 1. The normalized spacial score (nSPS) is 14.2. The van der Waals surface area contributed by atoms with Gasteiger partial charge in [0.05, 0.1) is 16.8 Å². The molecule has 2 heterocycles. The van der Waals surface area contributed by atoms with Crippen LogP contribution in [-0.2, 0) is 0 Å². The molecule has 0 atom stereocenters. The van der Waals surface area contributed by atoms with Gasteiger partial charge in [-0.05, 0) is 37.5 Å². The molecular weight excluding hydrogens is 332 g/mol. The van der Waals surface area contributed by atoms with Crippen LogP contribution in [0, 0.1) is 6.92 Å². The second-order valence-corrected chi connectivity index (χ2v) is 6.90. The number of aromatic nitrogens is 1. The van der Waals surface area contributed by atoms with Crippen molar-refractivity contribution in [1.82, 2.24) is 9.88 Å². The lowest BCUT2D eigenvalue weighted by Gasteiger charge is -2.18. The Balaban J connectivity index is 1.96. The van der Waals surface area contributed by atoms with Crippen LogP contribution in [0.4, 0.5) is 0 Å². The summed E-state index contributed by atoms with van der Waals surface area (Å²) < 4.78 is 0. The van der Waals surface area contributed by atoms with Crippen molar-refractivity contribution < 1.29 is 4.79 Å². The third-order valence-electron chi connectivity index (χ3n) is 4.86. The molecule has 0 N–H and O–H groups in total. The van der Waals surface area contributed by atoms with E-state index in [9.17, 15) is 4.79 Å². The van der Waals surface area contributed by atoms with Gasteiger partial charge in [-0.1, -0.05) is 48.0 Å². The number of benzene rings is 2. The smallest absolute Gasteiger partial charge is 0.254 e. The maximum atomic E-state index is 13.1. The lowest BCUT2D eigenvalue weighted by Crippen LogP contribution is -2.28. The minimum absolute atomic E-state index is 0.0869. The number of nitrogens with zero attached hydrogens (tertiary/aromatic N) is 2. The molecule has 3 aromatic rings. The van der Waals surface area contributed by atoms with Gasteiger partial charge in [-0.3, -0.25) is 4.79 Å². The molecule has 126 valence electrons. The minimum atomic E-state index is 0.0869. The molecule has 2 aromatic carbocycles. The Morgan fingerprint density at radius 1 is 1.08 bits per heavy atom. The molecule has 4 rings (SSSR count). The van der Waals surface area contributed by atoms with Crippen molar-refractivity contribution in [3.8, 4) is 11.3 Å². The van der Waals surface area contributed by atoms with E-state index in [-0.39, 0.29) is 5.91 Å². The van der Waals surface area contributed by atoms with Crippen molar-refractivity contribution in [2.75, 3.05) is 13.1 Å². The van der Waals surface area contributed by atoms with E-state index in [1.807, 2.05) is 60.4 Å². The topological polar surface area (TPSA) is 33.2 Å². The molecule has 1 saturated heterocycles. The second kappa shape index (κ2) is 6.49. The number of amides is 1. The van der Waals surface area contributed by atoms with Crippen LogP contribution in [0.15, 0.2) is 48.5 Å². The number of carbonyl (C=O) groups excluding carboxylic acids is 1. The van der Waals surface area contributed by atoms with Crippen molar-refractivity contribution in [3.05, 3.63) is 64.7 Å². The SMILES string of the molecule is Cc1c(Cl)ccc2c(C(=O)N3CCCC3)cc(-c3ccccc3)nc12. The van der Waals surface area contributed by atoms with Gasteiger partial charge >= 0.3 is 0 Å². The Kier molecular flexibility index (Phi) is 4.18. The summed E-state index contributed by atoms with van der Waals surface area (Å²) in [6, 6.07) is 15.6. The van der Waals surface area contributed by atoms with Crippen LogP contribution >= 0.6 is 11.6 Å².